The normalized spacial score (nSPS) is 13.5. The summed E-state index contributed by atoms with van der Waals surface area (Å²) in [6.07, 6.45) is 0. The van der Waals surface area contributed by atoms with Crippen LogP contribution < -0.4 is 4.43 Å². The molecule has 0 aromatic heterocycles. The van der Waals surface area contributed by atoms with E-state index >= 15 is 0 Å². The first-order valence-corrected chi connectivity index (χ1v) is 11.8. The number of hydrogen-bond acceptors (Lipinski definition) is 3. The first kappa shape index (κ1) is 19.2. The predicted molar refractivity (Wildman–Crippen MR) is 92.9 cm³/mol. The fourth-order valence-corrected chi connectivity index (χ4v) is 4.31. The summed E-state index contributed by atoms with van der Waals surface area (Å²) in [5.41, 5.74) is 1.46. The van der Waals surface area contributed by atoms with E-state index in [2.05, 4.69) is 33.9 Å². The molecule has 1 rings (SSSR count). The highest BCUT2D eigenvalue weighted by Crippen LogP contribution is 2.41. The molecule has 0 spiro atoms. The van der Waals surface area contributed by atoms with Gasteiger partial charge in [0, 0.05) is 0 Å². The average molecular weight is 345 g/mol. The molecule has 0 radical (unpaired) electrons. The number of aryl methyl sites for hydroxylation is 1. The maximum absolute atomic E-state index is 12.0. The molecule has 0 amide bonds. The smallest absolute Gasteiger partial charge is 0.298 e. The molecule has 0 bridgehead atoms. The Morgan fingerprint density at radius 1 is 1.18 bits per heavy atom. The van der Waals surface area contributed by atoms with Crippen molar-refractivity contribution in [3.05, 3.63) is 23.3 Å². The third-order valence-electron chi connectivity index (χ3n) is 4.38. The lowest BCUT2D eigenvalue weighted by molar-refractivity contribution is 0.455. The molecule has 0 saturated carbocycles. The summed E-state index contributed by atoms with van der Waals surface area (Å²) in [7, 11) is -6.56. The van der Waals surface area contributed by atoms with Gasteiger partial charge in [-0.3, -0.25) is 4.55 Å². The van der Waals surface area contributed by atoms with Gasteiger partial charge in [-0.05, 0) is 48.2 Å². The van der Waals surface area contributed by atoms with Crippen molar-refractivity contribution in [1.29, 1.82) is 0 Å². The Morgan fingerprint density at radius 2 is 1.68 bits per heavy atom. The highest BCUT2D eigenvalue weighted by Gasteiger charge is 2.40. The topological polar surface area (TPSA) is 63.6 Å². The van der Waals surface area contributed by atoms with Crippen LogP contribution in [0.25, 0.3) is 0 Å². The molecule has 0 aliphatic carbocycles. The van der Waals surface area contributed by atoms with Crippen LogP contribution in [0.15, 0.2) is 17.0 Å². The summed E-state index contributed by atoms with van der Waals surface area (Å²) in [6, 6.07) is 3.51. The first-order valence-electron chi connectivity index (χ1n) is 7.48. The van der Waals surface area contributed by atoms with E-state index in [1.807, 2.05) is 26.8 Å². The van der Waals surface area contributed by atoms with E-state index in [0.717, 1.165) is 5.56 Å². The second kappa shape index (κ2) is 5.98. The van der Waals surface area contributed by atoms with Gasteiger partial charge in [0.1, 0.15) is 10.6 Å². The number of benzene rings is 1. The quantitative estimate of drug-likeness (QED) is 0.632. The molecular weight excluding hydrogens is 316 g/mol. The molecule has 4 nitrogen and oxygen atoms in total. The number of rotatable bonds is 4. The second-order valence-electron chi connectivity index (χ2n) is 7.62. The van der Waals surface area contributed by atoms with Crippen molar-refractivity contribution in [1.82, 2.24) is 0 Å². The van der Waals surface area contributed by atoms with Gasteiger partial charge in [-0.2, -0.15) is 8.42 Å². The summed E-state index contributed by atoms with van der Waals surface area (Å²) < 4.78 is 39.8. The molecule has 1 aromatic rings. The van der Waals surface area contributed by atoms with Gasteiger partial charge in [0.15, 0.2) is 0 Å². The van der Waals surface area contributed by atoms with Crippen molar-refractivity contribution in [3.8, 4) is 5.75 Å². The van der Waals surface area contributed by atoms with Crippen LogP contribution in [0.2, 0.25) is 18.1 Å². The summed E-state index contributed by atoms with van der Waals surface area (Å²) in [5.74, 6) is 0.239. The van der Waals surface area contributed by atoms with Crippen LogP contribution in [0.5, 0.6) is 5.75 Å². The zero-order valence-electron chi connectivity index (χ0n) is 14.8. The van der Waals surface area contributed by atoms with Gasteiger partial charge in [-0.1, -0.05) is 40.7 Å². The van der Waals surface area contributed by atoms with E-state index < -0.39 is 18.4 Å². The molecule has 0 unspecified atom stereocenters. The van der Waals surface area contributed by atoms with Crippen LogP contribution >= 0.6 is 0 Å². The molecule has 126 valence electrons. The Labute approximate surface area is 135 Å². The lowest BCUT2D eigenvalue weighted by Gasteiger charge is -2.37. The monoisotopic (exact) mass is 344 g/mol. The SMILES string of the molecule is Cc1ccc(O[Si](C)(C)C(C)(C)C)c(S(=O)(=O)O)c1C(C)C. The van der Waals surface area contributed by atoms with E-state index in [-0.39, 0.29) is 21.6 Å². The Bertz CT molecular complexity index is 655. The van der Waals surface area contributed by atoms with Crippen molar-refractivity contribution in [2.75, 3.05) is 0 Å². The number of hydrogen-bond donors (Lipinski definition) is 1. The van der Waals surface area contributed by atoms with Crippen molar-refractivity contribution in [2.24, 2.45) is 0 Å². The Hall–Kier alpha value is -0.853. The lowest BCUT2D eigenvalue weighted by atomic mass is 9.98. The molecule has 1 N–H and O–H groups in total. The summed E-state index contributed by atoms with van der Waals surface area (Å²) in [4.78, 5) is -0.0766. The fourth-order valence-electron chi connectivity index (χ4n) is 2.17. The molecule has 6 heteroatoms. The minimum atomic E-state index is -4.35. The van der Waals surface area contributed by atoms with E-state index in [0.29, 0.717) is 5.56 Å². The van der Waals surface area contributed by atoms with Crippen molar-refractivity contribution in [2.45, 2.75) is 70.5 Å². The van der Waals surface area contributed by atoms with Crippen molar-refractivity contribution < 1.29 is 17.4 Å². The van der Waals surface area contributed by atoms with Gasteiger partial charge < -0.3 is 4.43 Å². The molecule has 1 aromatic carbocycles. The summed E-state index contributed by atoms with van der Waals surface area (Å²) >= 11 is 0. The minimum Gasteiger partial charge on any atom is -0.543 e. The molecule has 0 fully saturated rings. The highest BCUT2D eigenvalue weighted by molar-refractivity contribution is 7.86. The lowest BCUT2D eigenvalue weighted by Crippen LogP contribution is -2.44. The molecule has 0 atom stereocenters. The molecule has 0 aliphatic heterocycles. The molecular formula is C16H28O4SSi. The van der Waals surface area contributed by atoms with Gasteiger partial charge in [0.2, 0.25) is 0 Å². The summed E-state index contributed by atoms with van der Waals surface area (Å²) in [6.45, 7) is 16.0. The molecule has 0 saturated heterocycles. The predicted octanol–water partition coefficient (Wildman–Crippen LogP) is 4.75. The Morgan fingerprint density at radius 3 is 2.05 bits per heavy atom. The van der Waals surface area contributed by atoms with Crippen LogP contribution in [0, 0.1) is 6.92 Å². The minimum absolute atomic E-state index is 0.0279. The second-order valence-corrected chi connectivity index (χ2v) is 13.7. The third-order valence-corrected chi connectivity index (χ3v) is 9.66. The summed E-state index contributed by atoms with van der Waals surface area (Å²) in [5, 5.41) is -0.0631. The van der Waals surface area contributed by atoms with Crippen molar-refractivity contribution in [3.63, 3.8) is 0 Å². The Balaban J connectivity index is 3.61. The molecule has 0 aliphatic rings. The van der Waals surface area contributed by atoms with Gasteiger partial charge in [-0.25, -0.2) is 0 Å². The van der Waals surface area contributed by atoms with E-state index in [9.17, 15) is 13.0 Å². The van der Waals surface area contributed by atoms with Crippen molar-refractivity contribution >= 4 is 18.4 Å². The maximum Gasteiger partial charge on any atom is 0.298 e. The highest BCUT2D eigenvalue weighted by atomic mass is 32.2. The van der Waals surface area contributed by atoms with Gasteiger partial charge >= 0.3 is 0 Å². The van der Waals surface area contributed by atoms with Gasteiger partial charge in [-0.15, -0.1) is 0 Å². The van der Waals surface area contributed by atoms with E-state index in [1.165, 1.54) is 0 Å². The van der Waals surface area contributed by atoms with Gasteiger partial charge in [0.25, 0.3) is 18.4 Å². The Kier molecular flexibility index (Phi) is 5.22. The van der Waals surface area contributed by atoms with E-state index in [4.69, 9.17) is 4.43 Å². The fraction of sp³-hybridized carbons (Fsp3) is 0.625. The standard InChI is InChI=1S/C16H28O4SSi/c1-11(2)14-12(3)9-10-13(15(14)21(17,18)19)20-22(7,8)16(4,5)6/h9-11H,1-8H3,(H,17,18,19). The van der Waals surface area contributed by atoms with Crippen LogP contribution in [0.3, 0.4) is 0 Å². The van der Waals surface area contributed by atoms with E-state index in [1.54, 1.807) is 6.07 Å². The van der Waals surface area contributed by atoms with Gasteiger partial charge in [0.05, 0.1) is 0 Å². The average Bonchev–Trinajstić information content (AvgIpc) is 2.27. The zero-order valence-corrected chi connectivity index (χ0v) is 16.6. The largest absolute Gasteiger partial charge is 0.543 e. The van der Waals surface area contributed by atoms with Crippen LogP contribution in [0.1, 0.15) is 51.7 Å². The molecule has 0 heterocycles. The zero-order chi connectivity index (χ0) is 17.5. The third kappa shape index (κ3) is 3.91. The van der Waals surface area contributed by atoms with Crippen LogP contribution in [0.4, 0.5) is 0 Å². The molecule has 22 heavy (non-hydrogen) atoms. The maximum atomic E-state index is 12.0. The van der Waals surface area contributed by atoms with Crippen LogP contribution in [-0.2, 0) is 10.1 Å². The van der Waals surface area contributed by atoms with Crippen LogP contribution in [-0.4, -0.2) is 21.3 Å². The first-order chi connectivity index (χ1) is 9.68.